The van der Waals surface area contributed by atoms with Crippen LogP contribution in [0.5, 0.6) is 0 Å². The van der Waals surface area contributed by atoms with Crippen LogP contribution in [0, 0.1) is 0 Å². The normalized spacial score (nSPS) is 19.3. The molecular weight excluding hydrogens is 252 g/mol. The fourth-order valence-electron chi connectivity index (χ4n) is 2.61. The Morgan fingerprint density at radius 3 is 2.85 bits per heavy atom. The number of hydrogen-bond acceptors (Lipinski definition) is 3. The van der Waals surface area contributed by atoms with Crippen LogP contribution in [0.2, 0.25) is 0 Å². The third-order valence-electron chi connectivity index (χ3n) is 3.74. The van der Waals surface area contributed by atoms with Crippen LogP contribution in [0.25, 0.3) is 0 Å². The second-order valence-corrected chi connectivity index (χ2v) is 5.47. The van der Waals surface area contributed by atoms with Crippen molar-refractivity contribution in [3.8, 4) is 0 Å². The molecule has 0 aromatic carbocycles. The monoisotopic (exact) mass is 278 g/mol. The number of nitrogens with one attached hydrogen (secondary N) is 3. The van der Waals surface area contributed by atoms with Crippen molar-refractivity contribution in [2.75, 3.05) is 19.6 Å². The molecule has 1 saturated carbocycles. The van der Waals surface area contributed by atoms with Gasteiger partial charge in [-0.05, 0) is 31.8 Å². The van der Waals surface area contributed by atoms with Gasteiger partial charge in [-0.25, -0.2) is 4.79 Å². The van der Waals surface area contributed by atoms with Gasteiger partial charge in [-0.15, -0.1) is 0 Å². The Hall–Kier alpha value is -1.52. The Balaban J connectivity index is 1.48. The zero-order valence-electron chi connectivity index (χ0n) is 12.2. The summed E-state index contributed by atoms with van der Waals surface area (Å²) in [6.07, 6.45) is 12.1. The minimum absolute atomic E-state index is 0.0215. The van der Waals surface area contributed by atoms with Gasteiger partial charge >= 0.3 is 6.03 Å². The van der Waals surface area contributed by atoms with E-state index >= 15 is 0 Å². The number of amidine groups is 1. The van der Waals surface area contributed by atoms with E-state index in [1.165, 1.54) is 19.3 Å². The standard InChI is InChI=1S/C15H26N4O/c20-15(19-13-7-2-1-3-8-13)18-12-6-11-17-14-9-4-5-10-16-14/h4,9,13H,1-3,5-8,10-12H2,(H,16,17)(H2,18,19,20). The maximum atomic E-state index is 11.7. The highest BCUT2D eigenvalue weighted by atomic mass is 16.2. The van der Waals surface area contributed by atoms with Crippen LogP contribution < -0.4 is 16.0 Å². The number of rotatable bonds is 5. The summed E-state index contributed by atoms with van der Waals surface area (Å²) >= 11 is 0. The summed E-state index contributed by atoms with van der Waals surface area (Å²) < 4.78 is 0. The van der Waals surface area contributed by atoms with E-state index < -0.39 is 0 Å². The highest BCUT2D eigenvalue weighted by molar-refractivity contribution is 5.93. The summed E-state index contributed by atoms with van der Waals surface area (Å²) in [4.78, 5) is 16.1. The predicted octanol–water partition coefficient (Wildman–Crippen LogP) is 1.96. The molecular formula is C15H26N4O. The van der Waals surface area contributed by atoms with E-state index in [-0.39, 0.29) is 6.03 Å². The van der Waals surface area contributed by atoms with Crippen LogP contribution in [0.15, 0.2) is 17.1 Å². The van der Waals surface area contributed by atoms with Gasteiger partial charge in [0, 0.05) is 25.7 Å². The summed E-state index contributed by atoms with van der Waals surface area (Å²) in [6.45, 7) is 2.41. The summed E-state index contributed by atoms with van der Waals surface area (Å²) in [5, 5.41) is 9.24. The Kier molecular flexibility index (Phi) is 6.41. The first-order valence-electron chi connectivity index (χ1n) is 7.84. The molecule has 2 rings (SSSR count). The van der Waals surface area contributed by atoms with E-state index in [0.29, 0.717) is 12.6 Å². The summed E-state index contributed by atoms with van der Waals surface area (Å²) in [6, 6.07) is 0.357. The molecule has 0 radical (unpaired) electrons. The van der Waals surface area contributed by atoms with E-state index in [1.807, 2.05) is 6.08 Å². The maximum absolute atomic E-state index is 11.7. The smallest absolute Gasteiger partial charge is 0.315 e. The van der Waals surface area contributed by atoms with Crippen molar-refractivity contribution < 1.29 is 4.79 Å². The number of urea groups is 1. The average Bonchev–Trinajstić information content (AvgIpc) is 2.49. The average molecular weight is 278 g/mol. The maximum Gasteiger partial charge on any atom is 0.315 e. The molecule has 0 bridgehead atoms. The molecule has 1 aliphatic carbocycles. The highest BCUT2D eigenvalue weighted by Gasteiger charge is 2.14. The Morgan fingerprint density at radius 1 is 1.25 bits per heavy atom. The highest BCUT2D eigenvalue weighted by Crippen LogP contribution is 2.16. The molecule has 0 unspecified atom stereocenters. The second kappa shape index (κ2) is 8.61. The number of hydrogen-bond donors (Lipinski definition) is 3. The van der Waals surface area contributed by atoms with Gasteiger partial charge < -0.3 is 16.0 Å². The molecule has 2 aliphatic rings. The second-order valence-electron chi connectivity index (χ2n) is 5.47. The van der Waals surface area contributed by atoms with Gasteiger partial charge in [-0.2, -0.15) is 0 Å². The number of amides is 2. The number of carbonyl (C=O) groups is 1. The SMILES string of the molecule is O=C(NCCCNC1=NCCC=C1)NC1CCCCC1. The molecule has 2 amide bonds. The zero-order chi connectivity index (χ0) is 14.0. The van der Waals surface area contributed by atoms with E-state index in [9.17, 15) is 4.79 Å². The lowest BCUT2D eigenvalue weighted by molar-refractivity contribution is 0.232. The van der Waals surface area contributed by atoms with Crippen molar-refractivity contribution in [3.05, 3.63) is 12.2 Å². The quantitative estimate of drug-likeness (QED) is 0.673. The number of nitrogens with zero attached hydrogens (tertiary/aromatic N) is 1. The van der Waals surface area contributed by atoms with Gasteiger partial charge in [-0.1, -0.05) is 25.3 Å². The molecule has 1 heterocycles. The van der Waals surface area contributed by atoms with E-state index in [2.05, 4.69) is 27.0 Å². The van der Waals surface area contributed by atoms with E-state index in [0.717, 1.165) is 44.6 Å². The number of dihydropyridines is 1. The van der Waals surface area contributed by atoms with Crippen LogP contribution in [0.4, 0.5) is 4.79 Å². The molecule has 0 aromatic rings. The van der Waals surface area contributed by atoms with Gasteiger partial charge in [0.1, 0.15) is 5.84 Å². The molecule has 112 valence electrons. The Labute approximate surface area is 121 Å². The Morgan fingerprint density at radius 2 is 2.10 bits per heavy atom. The first-order chi connectivity index (χ1) is 9.84. The minimum atomic E-state index is -0.0215. The molecule has 3 N–H and O–H groups in total. The molecule has 5 heteroatoms. The lowest BCUT2D eigenvalue weighted by atomic mass is 9.96. The molecule has 0 saturated heterocycles. The topological polar surface area (TPSA) is 65.5 Å². The molecule has 0 spiro atoms. The fraction of sp³-hybridized carbons (Fsp3) is 0.733. The molecule has 0 atom stereocenters. The Bertz CT molecular complexity index is 359. The number of aliphatic imine (C=N–C) groups is 1. The molecule has 0 aromatic heterocycles. The van der Waals surface area contributed by atoms with Gasteiger partial charge in [0.25, 0.3) is 0 Å². The van der Waals surface area contributed by atoms with Crippen molar-refractivity contribution in [2.45, 2.75) is 51.0 Å². The van der Waals surface area contributed by atoms with Crippen molar-refractivity contribution in [1.29, 1.82) is 0 Å². The fourth-order valence-corrected chi connectivity index (χ4v) is 2.61. The molecule has 5 nitrogen and oxygen atoms in total. The minimum Gasteiger partial charge on any atom is -0.370 e. The molecule has 1 fully saturated rings. The summed E-state index contributed by atoms with van der Waals surface area (Å²) in [5.41, 5.74) is 0. The van der Waals surface area contributed by atoms with Crippen molar-refractivity contribution in [1.82, 2.24) is 16.0 Å². The van der Waals surface area contributed by atoms with Gasteiger partial charge in [0.2, 0.25) is 0 Å². The van der Waals surface area contributed by atoms with E-state index in [1.54, 1.807) is 0 Å². The summed E-state index contributed by atoms with van der Waals surface area (Å²) in [7, 11) is 0. The zero-order valence-corrected chi connectivity index (χ0v) is 12.2. The first kappa shape index (κ1) is 14.9. The third kappa shape index (κ3) is 5.63. The summed E-state index contributed by atoms with van der Waals surface area (Å²) in [5.74, 6) is 0.961. The van der Waals surface area contributed by atoms with Gasteiger partial charge in [-0.3, -0.25) is 4.99 Å². The lowest BCUT2D eigenvalue weighted by Gasteiger charge is -2.22. The molecule has 1 aliphatic heterocycles. The lowest BCUT2D eigenvalue weighted by Crippen LogP contribution is -2.43. The van der Waals surface area contributed by atoms with Crippen molar-refractivity contribution in [3.63, 3.8) is 0 Å². The third-order valence-corrected chi connectivity index (χ3v) is 3.74. The van der Waals surface area contributed by atoms with Crippen LogP contribution in [0.3, 0.4) is 0 Å². The van der Waals surface area contributed by atoms with Crippen LogP contribution >= 0.6 is 0 Å². The van der Waals surface area contributed by atoms with Gasteiger partial charge in [0.05, 0.1) is 0 Å². The predicted molar refractivity (Wildman–Crippen MR) is 82.1 cm³/mol. The van der Waals surface area contributed by atoms with Crippen LogP contribution in [-0.4, -0.2) is 37.5 Å². The van der Waals surface area contributed by atoms with Crippen LogP contribution in [0.1, 0.15) is 44.9 Å². The van der Waals surface area contributed by atoms with E-state index in [4.69, 9.17) is 0 Å². The first-order valence-corrected chi connectivity index (χ1v) is 7.84. The van der Waals surface area contributed by atoms with Crippen molar-refractivity contribution >= 4 is 11.9 Å². The van der Waals surface area contributed by atoms with Crippen molar-refractivity contribution in [2.24, 2.45) is 4.99 Å². The number of carbonyl (C=O) groups excluding carboxylic acids is 1. The largest absolute Gasteiger partial charge is 0.370 e. The van der Waals surface area contributed by atoms with Crippen LogP contribution in [-0.2, 0) is 0 Å². The van der Waals surface area contributed by atoms with Gasteiger partial charge in [0.15, 0.2) is 0 Å². The molecule has 20 heavy (non-hydrogen) atoms.